The zero-order chi connectivity index (χ0) is 16.2. The predicted molar refractivity (Wildman–Crippen MR) is 87.0 cm³/mol. The van der Waals surface area contributed by atoms with E-state index in [-0.39, 0.29) is 5.91 Å². The molecule has 1 amide bonds. The van der Waals surface area contributed by atoms with Crippen LogP contribution < -0.4 is 14.8 Å². The summed E-state index contributed by atoms with van der Waals surface area (Å²) in [5.74, 6) is 1.96. The molecule has 0 unspecified atom stereocenters. The molecule has 122 valence electrons. The lowest BCUT2D eigenvalue weighted by molar-refractivity contribution is -0.125. The molecular formula is C16H23NO4S. The van der Waals surface area contributed by atoms with Crippen LogP contribution in [0.1, 0.15) is 25.8 Å². The number of benzene rings is 1. The van der Waals surface area contributed by atoms with Gasteiger partial charge in [-0.1, -0.05) is 6.07 Å². The van der Waals surface area contributed by atoms with Gasteiger partial charge in [0.15, 0.2) is 11.5 Å². The van der Waals surface area contributed by atoms with E-state index in [0.29, 0.717) is 37.7 Å². The summed E-state index contributed by atoms with van der Waals surface area (Å²) in [5, 5.41) is 2.91. The molecule has 1 aliphatic heterocycles. The van der Waals surface area contributed by atoms with Gasteiger partial charge in [-0.3, -0.25) is 9.00 Å². The van der Waals surface area contributed by atoms with Crippen molar-refractivity contribution in [1.29, 1.82) is 0 Å². The number of nitrogens with one attached hydrogen (secondary N) is 1. The average molecular weight is 325 g/mol. The summed E-state index contributed by atoms with van der Waals surface area (Å²) >= 11 is 0. The zero-order valence-electron chi connectivity index (χ0n) is 13.3. The van der Waals surface area contributed by atoms with Gasteiger partial charge >= 0.3 is 0 Å². The Morgan fingerprint density at radius 2 is 1.95 bits per heavy atom. The number of rotatable bonds is 6. The monoisotopic (exact) mass is 325 g/mol. The molecule has 0 saturated heterocycles. The molecule has 0 aromatic heterocycles. The quantitative estimate of drug-likeness (QED) is 0.807. The van der Waals surface area contributed by atoms with Gasteiger partial charge in [-0.15, -0.1) is 0 Å². The van der Waals surface area contributed by atoms with Crippen molar-refractivity contribution in [3.8, 4) is 11.5 Å². The fourth-order valence-corrected chi connectivity index (χ4v) is 2.81. The van der Waals surface area contributed by atoms with Gasteiger partial charge in [0, 0.05) is 29.4 Å². The van der Waals surface area contributed by atoms with Gasteiger partial charge in [0.05, 0.1) is 5.41 Å². The maximum absolute atomic E-state index is 12.4. The molecule has 1 N–H and O–H groups in total. The van der Waals surface area contributed by atoms with Crippen molar-refractivity contribution in [3.63, 3.8) is 0 Å². The SMILES string of the molecule is C[S@](=O)CCCNC(=O)C(C)(C)c1ccc2c(c1)OCCO2. The number of fused-ring (bicyclic) bond motifs is 1. The van der Waals surface area contributed by atoms with E-state index in [4.69, 9.17) is 9.47 Å². The van der Waals surface area contributed by atoms with Gasteiger partial charge in [-0.05, 0) is 38.0 Å². The summed E-state index contributed by atoms with van der Waals surface area (Å²) in [7, 11) is -0.821. The van der Waals surface area contributed by atoms with Crippen LogP contribution in [-0.2, 0) is 21.0 Å². The molecule has 1 atom stereocenters. The van der Waals surface area contributed by atoms with Crippen LogP contribution in [0.3, 0.4) is 0 Å². The fraction of sp³-hybridized carbons (Fsp3) is 0.562. The van der Waals surface area contributed by atoms with Crippen LogP contribution in [0.15, 0.2) is 18.2 Å². The van der Waals surface area contributed by atoms with E-state index in [0.717, 1.165) is 11.3 Å². The minimum Gasteiger partial charge on any atom is -0.486 e. The van der Waals surface area contributed by atoms with Crippen molar-refractivity contribution < 1.29 is 18.5 Å². The van der Waals surface area contributed by atoms with E-state index in [1.54, 1.807) is 6.26 Å². The van der Waals surface area contributed by atoms with Gasteiger partial charge in [-0.2, -0.15) is 0 Å². The molecule has 0 aliphatic carbocycles. The number of hydrogen-bond donors (Lipinski definition) is 1. The Bertz CT molecular complexity index is 571. The molecule has 0 saturated carbocycles. The Morgan fingerprint density at radius 1 is 1.27 bits per heavy atom. The maximum Gasteiger partial charge on any atom is 0.230 e. The first kappa shape index (κ1) is 16.8. The van der Waals surface area contributed by atoms with Gasteiger partial charge in [-0.25, -0.2) is 0 Å². The molecule has 0 bridgehead atoms. The first-order chi connectivity index (χ1) is 10.4. The van der Waals surface area contributed by atoms with Crippen LogP contribution in [0.25, 0.3) is 0 Å². The maximum atomic E-state index is 12.4. The molecule has 1 aliphatic rings. The standard InChI is InChI=1S/C16H23NO4S/c1-16(2,15(18)17-7-4-10-22(3)19)12-5-6-13-14(11-12)21-9-8-20-13/h5-6,11H,4,7-10H2,1-3H3,(H,17,18)/t22-/m0/s1. The third-order valence-corrected chi connectivity index (χ3v) is 4.59. The van der Waals surface area contributed by atoms with Crippen LogP contribution in [0.2, 0.25) is 0 Å². The van der Waals surface area contributed by atoms with E-state index in [1.807, 2.05) is 32.0 Å². The van der Waals surface area contributed by atoms with Crippen LogP contribution >= 0.6 is 0 Å². The number of amides is 1. The lowest BCUT2D eigenvalue weighted by atomic mass is 9.83. The van der Waals surface area contributed by atoms with Crippen LogP contribution in [0, 0.1) is 0 Å². The van der Waals surface area contributed by atoms with E-state index in [2.05, 4.69) is 5.32 Å². The van der Waals surface area contributed by atoms with Crippen molar-refractivity contribution in [3.05, 3.63) is 23.8 Å². The summed E-state index contributed by atoms with van der Waals surface area (Å²) < 4.78 is 22.1. The fourth-order valence-electron chi connectivity index (χ4n) is 2.26. The number of carbonyl (C=O) groups is 1. The Hall–Kier alpha value is -1.56. The number of hydrogen-bond acceptors (Lipinski definition) is 4. The second kappa shape index (κ2) is 7.13. The van der Waals surface area contributed by atoms with Gasteiger partial charge < -0.3 is 14.8 Å². The Morgan fingerprint density at radius 3 is 2.64 bits per heavy atom. The smallest absolute Gasteiger partial charge is 0.230 e. The molecule has 1 aromatic carbocycles. The normalized spacial score (nSPS) is 15.2. The highest BCUT2D eigenvalue weighted by molar-refractivity contribution is 7.84. The molecular weight excluding hydrogens is 302 g/mol. The molecule has 6 heteroatoms. The molecule has 0 radical (unpaired) electrons. The molecule has 2 rings (SSSR count). The van der Waals surface area contributed by atoms with E-state index in [9.17, 15) is 9.00 Å². The minimum absolute atomic E-state index is 0.0499. The average Bonchev–Trinajstić information content (AvgIpc) is 2.50. The molecule has 1 heterocycles. The summed E-state index contributed by atoms with van der Waals surface area (Å²) in [4.78, 5) is 12.4. The van der Waals surface area contributed by atoms with Crippen LogP contribution in [0.4, 0.5) is 0 Å². The minimum atomic E-state index is -0.821. The van der Waals surface area contributed by atoms with Crippen molar-refractivity contribution in [2.24, 2.45) is 0 Å². The first-order valence-corrected chi connectivity index (χ1v) is 9.12. The summed E-state index contributed by atoms with van der Waals surface area (Å²) in [6.45, 7) is 5.37. The Kier molecular flexibility index (Phi) is 5.45. The molecule has 22 heavy (non-hydrogen) atoms. The van der Waals surface area contributed by atoms with E-state index < -0.39 is 16.2 Å². The number of carbonyl (C=O) groups excluding carboxylic acids is 1. The largest absolute Gasteiger partial charge is 0.486 e. The molecule has 0 fully saturated rings. The molecule has 0 spiro atoms. The predicted octanol–water partition coefficient (Wildman–Crippen LogP) is 1.62. The van der Waals surface area contributed by atoms with Crippen LogP contribution in [-0.4, -0.2) is 41.9 Å². The Balaban J connectivity index is 2.02. The second-order valence-corrected chi connectivity index (χ2v) is 7.42. The summed E-state index contributed by atoms with van der Waals surface area (Å²) in [6.07, 6.45) is 2.38. The third kappa shape index (κ3) is 4.00. The van der Waals surface area contributed by atoms with Crippen molar-refractivity contribution in [2.75, 3.05) is 31.8 Å². The summed E-state index contributed by atoms with van der Waals surface area (Å²) in [6, 6.07) is 5.61. The molecule has 1 aromatic rings. The van der Waals surface area contributed by atoms with E-state index >= 15 is 0 Å². The van der Waals surface area contributed by atoms with Gasteiger partial charge in [0.1, 0.15) is 13.2 Å². The lowest BCUT2D eigenvalue weighted by Gasteiger charge is -2.26. The topological polar surface area (TPSA) is 64.6 Å². The second-order valence-electron chi connectivity index (χ2n) is 5.87. The highest BCUT2D eigenvalue weighted by Crippen LogP contribution is 2.35. The first-order valence-electron chi connectivity index (χ1n) is 7.39. The zero-order valence-corrected chi connectivity index (χ0v) is 14.1. The van der Waals surface area contributed by atoms with Crippen LogP contribution in [0.5, 0.6) is 11.5 Å². The van der Waals surface area contributed by atoms with E-state index in [1.165, 1.54) is 0 Å². The van der Waals surface area contributed by atoms with Gasteiger partial charge in [0.25, 0.3) is 0 Å². The van der Waals surface area contributed by atoms with Crippen molar-refractivity contribution in [2.45, 2.75) is 25.7 Å². The lowest BCUT2D eigenvalue weighted by Crippen LogP contribution is -2.40. The molecule has 5 nitrogen and oxygen atoms in total. The number of ether oxygens (including phenoxy) is 2. The summed E-state index contributed by atoms with van der Waals surface area (Å²) in [5.41, 5.74) is 0.217. The van der Waals surface area contributed by atoms with Crippen molar-refractivity contribution in [1.82, 2.24) is 5.32 Å². The third-order valence-electron chi connectivity index (χ3n) is 3.73. The van der Waals surface area contributed by atoms with Gasteiger partial charge in [0.2, 0.25) is 5.91 Å². The Labute approximate surface area is 133 Å². The highest BCUT2D eigenvalue weighted by Gasteiger charge is 2.30. The highest BCUT2D eigenvalue weighted by atomic mass is 32.2. The van der Waals surface area contributed by atoms with Crippen molar-refractivity contribution >= 4 is 16.7 Å².